The molecular formula is C15H20N2O. The minimum atomic E-state index is 0.750. The Hall–Kier alpha value is -1.35. The van der Waals surface area contributed by atoms with Crippen molar-refractivity contribution in [3.05, 3.63) is 29.7 Å². The molecule has 0 unspecified atom stereocenters. The molecule has 0 radical (unpaired) electrons. The zero-order valence-corrected chi connectivity index (χ0v) is 10.9. The van der Waals surface area contributed by atoms with Gasteiger partial charge in [0.15, 0.2) is 11.5 Å². The smallest absolute Gasteiger partial charge is 0.192 e. The number of nitrogens with zero attached hydrogens (tertiary/aromatic N) is 1. The number of fused-ring (bicyclic) bond motifs is 1. The van der Waals surface area contributed by atoms with Gasteiger partial charge in [-0.3, -0.25) is 0 Å². The van der Waals surface area contributed by atoms with E-state index in [0.29, 0.717) is 0 Å². The largest absolute Gasteiger partial charge is 0.441 e. The lowest BCUT2D eigenvalue weighted by molar-refractivity contribution is 0.354. The molecule has 1 aromatic heterocycles. The standard InChI is InChI=1S/C15H20N2O/c1-11-17-14-10-13(4-5-15(14)18-11)3-2-12-6-8-16-9-7-12/h4-5,10,12,16H,2-3,6-9H2,1H3. The maximum atomic E-state index is 5.50. The van der Waals surface area contributed by atoms with E-state index in [1.165, 1.54) is 37.9 Å². The molecule has 1 fully saturated rings. The summed E-state index contributed by atoms with van der Waals surface area (Å²) >= 11 is 0. The third-order valence-corrected chi connectivity index (χ3v) is 3.86. The molecule has 1 aliphatic heterocycles. The minimum absolute atomic E-state index is 0.750. The van der Waals surface area contributed by atoms with Crippen LogP contribution in [0.5, 0.6) is 0 Å². The average Bonchev–Trinajstić information content (AvgIpc) is 2.77. The quantitative estimate of drug-likeness (QED) is 0.901. The fraction of sp³-hybridized carbons (Fsp3) is 0.533. The lowest BCUT2D eigenvalue weighted by Gasteiger charge is -2.22. The Morgan fingerprint density at radius 3 is 3.00 bits per heavy atom. The Morgan fingerprint density at radius 1 is 1.33 bits per heavy atom. The molecule has 1 saturated heterocycles. The van der Waals surface area contributed by atoms with Gasteiger partial charge < -0.3 is 9.73 Å². The first kappa shape index (κ1) is 11.7. The molecule has 3 heteroatoms. The molecule has 0 amide bonds. The molecule has 1 aromatic carbocycles. The summed E-state index contributed by atoms with van der Waals surface area (Å²) in [6.07, 6.45) is 5.10. The lowest BCUT2D eigenvalue weighted by Crippen LogP contribution is -2.27. The maximum absolute atomic E-state index is 5.50. The van der Waals surface area contributed by atoms with E-state index >= 15 is 0 Å². The van der Waals surface area contributed by atoms with Gasteiger partial charge in [0, 0.05) is 6.92 Å². The van der Waals surface area contributed by atoms with E-state index in [2.05, 4.69) is 22.4 Å². The van der Waals surface area contributed by atoms with Crippen molar-refractivity contribution in [3.63, 3.8) is 0 Å². The SMILES string of the molecule is Cc1nc2cc(CCC3CCNCC3)ccc2o1. The van der Waals surface area contributed by atoms with E-state index in [4.69, 9.17) is 4.42 Å². The van der Waals surface area contributed by atoms with Gasteiger partial charge >= 0.3 is 0 Å². The van der Waals surface area contributed by atoms with Crippen molar-refractivity contribution in [2.45, 2.75) is 32.6 Å². The summed E-state index contributed by atoms with van der Waals surface area (Å²) in [7, 11) is 0. The van der Waals surface area contributed by atoms with Gasteiger partial charge in [0.25, 0.3) is 0 Å². The van der Waals surface area contributed by atoms with Crippen molar-refractivity contribution < 1.29 is 4.42 Å². The second kappa shape index (κ2) is 5.11. The molecule has 0 bridgehead atoms. The number of aromatic nitrogens is 1. The van der Waals surface area contributed by atoms with E-state index in [1.807, 2.05) is 13.0 Å². The molecule has 96 valence electrons. The van der Waals surface area contributed by atoms with Gasteiger partial charge in [-0.2, -0.15) is 0 Å². The molecule has 0 atom stereocenters. The van der Waals surface area contributed by atoms with Gasteiger partial charge in [0.1, 0.15) is 5.52 Å². The molecule has 0 aliphatic carbocycles. The highest BCUT2D eigenvalue weighted by Gasteiger charge is 2.13. The van der Waals surface area contributed by atoms with Crippen molar-refractivity contribution in [2.24, 2.45) is 5.92 Å². The van der Waals surface area contributed by atoms with Crippen LogP contribution < -0.4 is 5.32 Å². The highest BCUT2D eigenvalue weighted by molar-refractivity contribution is 5.73. The Kier molecular flexibility index (Phi) is 3.33. The topological polar surface area (TPSA) is 38.1 Å². The fourth-order valence-electron chi connectivity index (χ4n) is 2.78. The number of hydrogen-bond acceptors (Lipinski definition) is 3. The van der Waals surface area contributed by atoms with Crippen LogP contribution in [0.3, 0.4) is 0 Å². The van der Waals surface area contributed by atoms with E-state index in [1.54, 1.807) is 0 Å². The summed E-state index contributed by atoms with van der Waals surface area (Å²) in [4.78, 5) is 4.39. The van der Waals surface area contributed by atoms with Crippen LogP contribution in [0.4, 0.5) is 0 Å². The van der Waals surface area contributed by atoms with Crippen LogP contribution in [-0.4, -0.2) is 18.1 Å². The van der Waals surface area contributed by atoms with E-state index in [-0.39, 0.29) is 0 Å². The summed E-state index contributed by atoms with van der Waals surface area (Å²) < 4.78 is 5.50. The molecule has 2 heterocycles. The average molecular weight is 244 g/mol. The first-order chi connectivity index (χ1) is 8.81. The molecule has 18 heavy (non-hydrogen) atoms. The van der Waals surface area contributed by atoms with E-state index in [9.17, 15) is 0 Å². The van der Waals surface area contributed by atoms with Gasteiger partial charge in [-0.05, 0) is 62.4 Å². The van der Waals surface area contributed by atoms with Gasteiger partial charge in [-0.15, -0.1) is 0 Å². The third kappa shape index (κ3) is 2.56. The van der Waals surface area contributed by atoms with Crippen LogP contribution >= 0.6 is 0 Å². The summed E-state index contributed by atoms with van der Waals surface area (Å²) in [5.41, 5.74) is 3.28. The van der Waals surface area contributed by atoms with Crippen molar-refractivity contribution in [1.82, 2.24) is 10.3 Å². The number of nitrogens with one attached hydrogen (secondary N) is 1. The van der Waals surface area contributed by atoms with Crippen LogP contribution in [0.25, 0.3) is 11.1 Å². The highest BCUT2D eigenvalue weighted by atomic mass is 16.3. The molecule has 3 nitrogen and oxygen atoms in total. The van der Waals surface area contributed by atoms with Gasteiger partial charge in [-0.25, -0.2) is 4.98 Å². The Bertz CT molecular complexity index is 526. The predicted octanol–water partition coefficient (Wildman–Crippen LogP) is 3.07. The third-order valence-electron chi connectivity index (χ3n) is 3.86. The molecule has 1 N–H and O–H groups in total. The van der Waals surface area contributed by atoms with Crippen LogP contribution in [0.15, 0.2) is 22.6 Å². The summed E-state index contributed by atoms with van der Waals surface area (Å²) in [5, 5.41) is 3.42. The molecule has 3 rings (SSSR count). The summed E-state index contributed by atoms with van der Waals surface area (Å²) in [6.45, 7) is 4.27. The van der Waals surface area contributed by atoms with Crippen LogP contribution in [-0.2, 0) is 6.42 Å². The monoisotopic (exact) mass is 244 g/mol. The van der Waals surface area contributed by atoms with Crippen LogP contribution in [0.1, 0.15) is 30.7 Å². The number of rotatable bonds is 3. The first-order valence-electron chi connectivity index (χ1n) is 6.88. The Morgan fingerprint density at radius 2 is 2.17 bits per heavy atom. The van der Waals surface area contributed by atoms with Gasteiger partial charge in [0.05, 0.1) is 0 Å². The van der Waals surface area contributed by atoms with Gasteiger partial charge in [0.2, 0.25) is 0 Å². The number of oxazole rings is 1. The summed E-state index contributed by atoms with van der Waals surface area (Å²) in [6, 6.07) is 6.40. The Balaban J connectivity index is 1.66. The Labute approximate surface area is 108 Å². The van der Waals surface area contributed by atoms with Gasteiger partial charge in [-0.1, -0.05) is 6.07 Å². The first-order valence-corrected chi connectivity index (χ1v) is 6.88. The second-order valence-corrected chi connectivity index (χ2v) is 5.27. The maximum Gasteiger partial charge on any atom is 0.192 e. The van der Waals surface area contributed by atoms with Crippen LogP contribution in [0.2, 0.25) is 0 Å². The fourth-order valence-corrected chi connectivity index (χ4v) is 2.78. The lowest BCUT2D eigenvalue weighted by atomic mass is 9.91. The number of hydrogen-bond donors (Lipinski definition) is 1. The normalized spacial score (nSPS) is 17.4. The molecule has 1 aliphatic rings. The number of aryl methyl sites for hydroxylation is 2. The molecule has 2 aromatic rings. The van der Waals surface area contributed by atoms with Crippen molar-refractivity contribution in [2.75, 3.05) is 13.1 Å². The predicted molar refractivity (Wildman–Crippen MR) is 72.7 cm³/mol. The van der Waals surface area contributed by atoms with Crippen molar-refractivity contribution in [3.8, 4) is 0 Å². The van der Waals surface area contributed by atoms with Crippen LogP contribution in [0, 0.1) is 12.8 Å². The second-order valence-electron chi connectivity index (χ2n) is 5.27. The highest BCUT2D eigenvalue weighted by Crippen LogP contribution is 2.21. The summed E-state index contributed by atoms with van der Waals surface area (Å²) in [5.74, 6) is 1.64. The minimum Gasteiger partial charge on any atom is -0.441 e. The molecule has 0 spiro atoms. The molecule has 0 saturated carbocycles. The zero-order chi connectivity index (χ0) is 12.4. The molecular weight excluding hydrogens is 224 g/mol. The number of benzene rings is 1. The van der Waals surface area contributed by atoms with Crippen molar-refractivity contribution >= 4 is 11.1 Å². The number of piperidine rings is 1. The van der Waals surface area contributed by atoms with E-state index in [0.717, 1.165) is 29.3 Å². The zero-order valence-electron chi connectivity index (χ0n) is 10.9. The van der Waals surface area contributed by atoms with Crippen molar-refractivity contribution in [1.29, 1.82) is 0 Å². The van der Waals surface area contributed by atoms with E-state index < -0.39 is 0 Å².